The van der Waals surface area contributed by atoms with Gasteiger partial charge in [-0.3, -0.25) is 9.59 Å². The second-order valence-electron chi connectivity index (χ2n) is 5.66. The molecular weight excluding hydrogens is 318 g/mol. The molecule has 0 aliphatic carbocycles. The van der Waals surface area contributed by atoms with Gasteiger partial charge in [-0.15, -0.1) is 0 Å². The third-order valence-corrected chi connectivity index (χ3v) is 3.68. The molecule has 0 fully saturated rings. The summed E-state index contributed by atoms with van der Waals surface area (Å²) in [5, 5.41) is 2.81. The first-order valence-corrected chi connectivity index (χ1v) is 8.30. The lowest BCUT2D eigenvalue weighted by molar-refractivity contribution is -0.123. The minimum atomic E-state index is -0.250. The van der Waals surface area contributed by atoms with Crippen LogP contribution in [0.15, 0.2) is 42.5 Å². The number of benzene rings is 2. The summed E-state index contributed by atoms with van der Waals surface area (Å²) < 4.78 is 11.0. The van der Waals surface area contributed by atoms with E-state index in [2.05, 4.69) is 5.32 Å². The molecule has 0 spiro atoms. The first-order valence-electron chi connectivity index (χ1n) is 8.30. The van der Waals surface area contributed by atoms with Gasteiger partial charge in [0.15, 0.2) is 12.9 Å². The fourth-order valence-electron chi connectivity index (χ4n) is 2.24. The number of rotatable bonds is 9. The van der Waals surface area contributed by atoms with Crippen LogP contribution in [0.25, 0.3) is 0 Å². The van der Waals surface area contributed by atoms with Gasteiger partial charge in [-0.1, -0.05) is 31.2 Å². The van der Waals surface area contributed by atoms with E-state index >= 15 is 0 Å². The Morgan fingerprint density at radius 2 is 1.96 bits per heavy atom. The third kappa shape index (κ3) is 5.64. The first kappa shape index (κ1) is 18.5. The lowest BCUT2D eigenvalue weighted by Gasteiger charge is -2.12. The third-order valence-electron chi connectivity index (χ3n) is 3.68. The van der Waals surface area contributed by atoms with E-state index in [0.29, 0.717) is 36.5 Å². The summed E-state index contributed by atoms with van der Waals surface area (Å²) in [6.07, 6.45) is 1.58. The van der Waals surface area contributed by atoms with Crippen molar-refractivity contribution in [2.24, 2.45) is 0 Å². The maximum Gasteiger partial charge on any atom is 0.258 e. The number of amides is 1. The van der Waals surface area contributed by atoms with E-state index in [1.54, 1.807) is 18.2 Å². The fraction of sp³-hybridized carbons (Fsp3) is 0.300. The summed E-state index contributed by atoms with van der Waals surface area (Å²) in [4.78, 5) is 23.1. The monoisotopic (exact) mass is 341 g/mol. The summed E-state index contributed by atoms with van der Waals surface area (Å²) in [6.45, 7) is 4.86. The minimum absolute atomic E-state index is 0.163. The molecule has 2 aromatic rings. The Morgan fingerprint density at radius 3 is 2.68 bits per heavy atom. The zero-order chi connectivity index (χ0) is 18.1. The van der Waals surface area contributed by atoms with Crippen LogP contribution < -0.4 is 14.8 Å². The van der Waals surface area contributed by atoms with Gasteiger partial charge < -0.3 is 14.8 Å². The number of nitrogens with one attached hydrogen (secondary N) is 1. The SMILES string of the molecule is CCCOc1ccc(C=O)c(OCC(=O)NCc2ccccc2C)c1. The molecule has 1 N–H and O–H groups in total. The Bertz CT molecular complexity index is 727. The van der Waals surface area contributed by atoms with E-state index in [9.17, 15) is 9.59 Å². The number of carbonyl (C=O) groups excluding carboxylic acids is 2. The molecule has 0 saturated carbocycles. The highest BCUT2D eigenvalue weighted by atomic mass is 16.5. The Kier molecular flexibility index (Phi) is 7.01. The maximum absolute atomic E-state index is 12.0. The number of hydrogen-bond acceptors (Lipinski definition) is 4. The molecule has 2 rings (SSSR count). The van der Waals surface area contributed by atoms with Crippen molar-refractivity contribution in [1.82, 2.24) is 5.32 Å². The topological polar surface area (TPSA) is 64.6 Å². The van der Waals surface area contributed by atoms with Gasteiger partial charge in [0.1, 0.15) is 11.5 Å². The summed E-state index contributed by atoms with van der Waals surface area (Å²) in [7, 11) is 0. The Hall–Kier alpha value is -2.82. The van der Waals surface area contributed by atoms with Crippen molar-refractivity contribution in [3.05, 3.63) is 59.2 Å². The molecule has 0 aliphatic rings. The molecule has 5 nitrogen and oxygen atoms in total. The first-order chi connectivity index (χ1) is 12.1. The van der Waals surface area contributed by atoms with Crippen molar-refractivity contribution in [3.63, 3.8) is 0 Å². The highest BCUT2D eigenvalue weighted by Crippen LogP contribution is 2.24. The quantitative estimate of drug-likeness (QED) is 0.711. The lowest BCUT2D eigenvalue weighted by Crippen LogP contribution is -2.28. The van der Waals surface area contributed by atoms with Gasteiger partial charge in [-0.2, -0.15) is 0 Å². The van der Waals surface area contributed by atoms with Crippen LogP contribution in [0.5, 0.6) is 11.5 Å². The predicted molar refractivity (Wildman–Crippen MR) is 96.1 cm³/mol. The van der Waals surface area contributed by atoms with Gasteiger partial charge in [-0.05, 0) is 36.6 Å². The zero-order valence-corrected chi connectivity index (χ0v) is 14.6. The van der Waals surface area contributed by atoms with E-state index in [4.69, 9.17) is 9.47 Å². The Labute approximate surface area is 148 Å². The smallest absolute Gasteiger partial charge is 0.258 e. The van der Waals surface area contributed by atoms with E-state index in [1.165, 1.54) is 0 Å². The molecule has 0 radical (unpaired) electrons. The zero-order valence-electron chi connectivity index (χ0n) is 14.6. The van der Waals surface area contributed by atoms with Crippen molar-refractivity contribution in [3.8, 4) is 11.5 Å². The fourth-order valence-corrected chi connectivity index (χ4v) is 2.24. The van der Waals surface area contributed by atoms with E-state index in [0.717, 1.165) is 17.5 Å². The van der Waals surface area contributed by atoms with Crippen molar-refractivity contribution in [2.75, 3.05) is 13.2 Å². The summed E-state index contributed by atoms with van der Waals surface area (Å²) in [5.74, 6) is 0.706. The molecule has 0 aliphatic heterocycles. The van der Waals surface area contributed by atoms with Crippen LogP contribution >= 0.6 is 0 Å². The van der Waals surface area contributed by atoms with E-state index in [1.807, 2.05) is 38.1 Å². The largest absolute Gasteiger partial charge is 0.493 e. The molecule has 0 atom stereocenters. The number of ether oxygens (including phenoxy) is 2. The van der Waals surface area contributed by atoms with Crippen molar-refractivity contribution >= 4 is 12.2 Å². The number of aldehydes is 1. The standard InChI is InChI=1S/C20H23NO4/c1-3-10-24-18-9-8-17(13-22)19(11-18)25-14-20(23)21-12-16-7-5-4-6-15(16)2/h4-9,11,13H,3,10,12,14H2,1-2H3,(H,21,23). The molecule has 132 valence electrons. The van der Waals surface area contributed by atoms with Gasteiger partial charge in [0.2, 0.25) is 0 Å². The van der Waals surface area contributed by atoms with E-state index < -0.39 is 0 Å². The van der Waals surface area contributed by atoms with Crippen LogP contribution in [-0.4, -0.2) is 25.4 Å². The van der Waals surface area contributed by atoms with Crippen LogP contribution in [-0.2, 0) is 11.3 Å². The molecule has 25 heavy (non-hydrogen) atoms. The van der Waals surface area contributed by atoms with E-state index in [-0.39, 0.29) is 12.5 Å². The molecule has 2 aromatic carbocycles. The second kappa shape index (κ2) is 9.47. The summed E-state index contributed by atoms with van der Waals surface area (Å²) in [5.41, 5.74) is 2.56. The second-order valence-corrected chi connectivity index (χ2v) is 5.66. The molecule has 0 aromatic heterocycles. The normalized spacial score (nSPS) is 10.2. The van der Waals surface area contributed by atoms with Gasteiger partial charge in [0.05, 0.1) is 12.2 Å². The van der Waals surface area contributed by atoms with Gasteiger partial charge in [0.25, 0.3) is 5.91 Å². The van der Waals surface area contributed by atoms with Crippen molar-refractivity contribution < 1.29 is 19.1 Å². The number of carbonyl (C=O) groups is 2. The highest BCUT2D eigenvalue weighted by molar-refractivity contribution is 5.81. The predicted octanol–water partition coefficient (Wildman–Crippen LogP) is 3.29. The molecule has 1 amide bonds. The molecule has 0 bridgehead atoms. The molecule has 0 unspecified atom stereocenters. The van der Waals surface area contributed by atoms with Crippen LogP contribution in [0.1, 0.15) is 34.8 Å². The summed E-state index contributed by atoms with van der Waals surface area (Å²) >= 11 is 0. The number of aryl methyl sites for hydroxylation is 1. The highest BCUT2D eigenvalue weighted by Gasteiger charge is 2.09. The van der Waals surface area contributed by atoms with Crippen molar-refractivity contribution in [2.45, 2.75) is 26.8 Å². The lowest BCUT2D eigenvalue weighted by atomic mass is 10.1. The average Bonchev–Trinajstić information content (AvgIpc) is 2.64. The van der Waals surface area contributed by atoms with Crippen molar-refractivity contribution in [1.29, 1.82) is 0 Å². The van der Waals surface area contributed by atoms with Gasteiger partial charge in [-0.25, -0.2) is 0 Å². The Morgan fingerprint density at radius 1 is 1.16 bits per heavy atom. The van der Waals surface area contributed by atoms with Crippen LogP contribution in [0, 0.1) is 6.92 Å². The van der Waals surface area contributed by atoms with Crippen LogP contribution in [0.2, 0.25) is 0 Å². The summed E-state index contributed by atoms with van der Waals surface area (Å²) in [6, 6.07) is 12.8. The molecule has 0 heterocycles. The molecule has 5 heteroatoms. The molecule has 0 saturated heterocycles. The average molecular weight is 341 g/mol. The van der Waals surface area contributed by atoms with Crippen LogP contribution in [0.4, 0.5) is 0 Å². The maximum atomic E-state index is 12.0. The number of hydrogen-bond donors (Lipinski definition) is 1. The van der Waals surface area contributed by atoms with Crippen LogP contribution in [0.3, 0.4) is 0 Å². The van der Waals surface area contributed by atoms with Gasteiger partial charge in [0, 0.05) is 12.6 Å². The minimum Gasteiger partial charge on any atom is -0.493 e. The molecular formula is C20H23NO4. The van der Waals surface area contributed by atoms with Gasteiger partial charge >= 0.3 is 0 Å². The Balaban J connectivity index is 1.92.